The number of nitrogens with zero attached hydrogens (tertiary/aromatic N) is 1. The molecule has 0 amide bonds. The molecule has 0 saturated carbocycles. The molecule has 1 aliphatic heterocycles. The lowest BCUT2D eigenvalue weighted by molar-refractivity contribution is -0.758. The number of hydrogen-bond donors (Lipinski definition) is 0. The molecule has 0 saturated heterocycles. The molecule has 14 heteroatoms. The lowest BCUT2D eigenvalue weighted by Gasteiger charge is -2.29. The predicted octanol–water partition coefficient (Wildman–Crippen LogP) is 2.89. The van der Waals surface area contributed by atoms with Crippen LogP contribution in [-0.4, -0.2) is 62.7 Å². The van der Waals surface area contributed by atoms with E-state index in [1.54, 1.807) is 26.0 Å². The minimum Gasteiger partial charge on any atom is -0.475 e. The fourth-order valence-corrected chi connectivity index (χ4v) is 2.80. The van der Waals surface area contributed by atoms with Crippen LogP contribution in [0.5, 0.6) is 5.75 Å². The fraction of sp³-hybridized carbons (Fsp3) is 0.474. The topological polar surface area (TPSA) is 133 Å². The van der Waals surface area contributed by atoms with Crippen LogP contribution in [0.3, 0.4) is 0 Å². The number of benzene rings is 1. The van der Waals surface area contributed by atoms with Gasteiger partial charge in [-0.05, 0) is 31.6 Å². The maximum Gasteiger partial charge on any atom is 0.511 e. The van der Waals surface area contributed by atoms with Crippen LogP contribution >= 0.6 is 0 Å². The molecule has 1 atom stereocenters. The molecule has 1 aliphatic rings. The third kappa shape index (κ3) is 7.82. The summed E-state index contributed by atoms with van der Waals surface area (Å²) in [6, 6.07) is 3.20. The van der Waals surface area contributed by atoms with Crippen molar-refractivity contribution in [3.05, 3.63) is 44.5 Å². The summed E-state index contributed by atoms with van der Waals surface area (Å²) >= 11 is 0. The first kappa shape index (κ1) is 25.7. The van der Waals surface area contributed by atoms with Crippen molar-refractivity contribution in [1.82, 2.24) is 0 Å². The SMILES string of the molecule is Cc1cc(C)c2c(c1)C=C(C(=O)OCOC(=O)OCCOCCO[N+](=O)[O-])[C@@H](C(F)(F)F)O2. The number of fused-ring (bicyclic) bond motifs is 1. The van der Waals surface area contributed by atoms with E-state index in [-0.39, 0.29) is 37.7 Å². The average Bonchev–Trinajstić information content (AvgIpc) is 2.71. The van der Waals surface area contributed by atoms with Gasteiger partial charge in [0.05, 0.1) is 18.8 Å². The number of carbonyl (C=O) groups is 2. The molecule has 0 unspecified atom stereocenters. The Kier molecular flexibility index (Phi) is 8.85. The zero-order valence-corrected chi connectivity index (χ0v) is 17.5. The van der Waals surface area contributed by atoms with Gasteiger partial charge in [0.15, 0.2) is 0 Å². The van der Waals surface area contributed by atoms with Gasteiger partial charge in [0.25, 0.3) is 5.09 Å². The number of hydrogen-bond acceptors (Lipinski definition) is 10. The minimum absolute atomic E-state index is 0.00599. The lowest BCUT2D eigenvalue weighted by Crippen LogP contribution is -2.41. The minimum atomic E-state index is -4.90. The zero-order chi connectivity index (χ0) is 24.6. The lowest BCUT2D eigenvalue weighted by atomic mass is 9.97. The molecule has 182 valence electrons. The first-order valence-electron chi connectivity index (χ1n) is 9.37. The number of alkyl halides is 3. The van der Waals surface area contributed by atoms with Crippen LogP contribution in [0.4, 0.5) is 18.0 Å². The van der Waals surface area contributed by atoms with E-state index in [9.17, 15) is 32.9 Å². The van der Waals surface area contributed by atoms with Crippen molar-refractivity contribution in [1.29, 1.82) is 0 Å². The predicted molar refractivity (Wildman–Crippen MR) is 102 cm³/mol. The van der Waals surface area contributed by atoms with Crippen LogP contribution in [0.15, 0.2) is 17.7 Å². The van der Waals surface area contributed by atoms with Crippen LogP contribution < -0.4 is 4.74 Å². The summed E-state index contributed by atoms with van der Waals surface area (Å²) in [5.74, 6) is -1.38. The summed E-state index contributed by atoms with van der Waals surface area (Å²) in [5, 5.41) is 8.92. The van der Waals surface area contributed by atoms with E-state index in [0.29, 0.717) is 5.56 Å². The van der Waals surface area contributed by atoms with Gasteiger partial charge in [0.1, 0.15) is 19.0 Å². The Morgan fingerprint density at radius 3 is 2.45 bits per heavy atom. The highest BCUT2D eigenvalue weighted by Crippen LogP contribution is 2.39. The van der Waals surface area contributed by atoms with Crippen LogP contribution in [0.25, 0.3) is 6.08 Å². The molecule has 1 aromatic rings. The summed E-state index contributed by atoms with van der Waals surface area (Å²) in [6.45, 7) is 1.45. The van der Waals surface area contributed by atoms with Gasteiger partial charge in [-0.15, -0.1) is 10.1 Å². The normalized spacial score (nSPS) is 14.9. The van der Waals surface area contributed by atoms with Crippen molar-refractivity contribution < 1.29 is 56.4 Å². The maximum atomic E-state index is 13.5. The summed E-state index contributed by atoms with van der Waals surface area (Å²) < 4.78 is 64.0. The zero-order valence-electron chi connectivity index (χ0n) is 17.5. The third-order valence-electron chi connectivity index (χ3n) is 4.05. The number of esters is 1. The number of halogens is 3. The molecule has 0 radical (unpaired) electrons. The molecular weight excluding hydrogens is 459 g/mol. The third-order valence-corrected chi connectivity index (χ3v) is 4.05. The highest BCUT2D eigenvalue weighted by molar-refractivity contribution is 5.96. The average molecular weight is 479 g/mol. The van der Waals surface area contributed by atoms with E-state index in [1.165, 1.54) is 0 Å². The summed E-state index contributed by atoms with van der Waals surface area (Å²) in [6.07, 6.45) is -7.70. The Labute approximate surface area is 185 Å². The van der Waals surface area contributed by atoms with Crippen molar-refractivity contribution >= 4 is 18.2 Å². The van der Waals surface area contributed by atoms with Crippen LogP contribution in [-0.2, 0) is 28.6 Å². The van der Waals surface area contributed by atoms with E-state index in [2.05, 4.69) is 19.0 Å². The molecule has 0 spiro atoms. The van der Waals surface area contributed by atoms with Crippen LogP contribution in [0.1, 0.15) is 16.7 Å². The molecule has 0 bridgehead atoms. The Morgan fingerprint density at radius 1 is 1.09 bits per heavy atom. The number of rotatable bonds is 10. The molecule has 0 aliphatic carbocycles. The summed E-state index contributed by atoms with van der Waals surface area (Å²) in [4.78, 5) is 37.6. The number of carbonyl (C=O) groups excluding carboxylic acids is 2. The Morgan fingerprint density at radius 2 is 1.79 bits per heavy atom. The Balaban J connectivity index is 1.85. The second-order valence-corrected chi connectivity index (χ2v) is 6.60. The number of aryl methyl sites for hydroxylation is 2. The highest BCUT2D eigenvalue weighted by Gasteiger charge is 2.49. The monoisotopic (exact) mass is 479 g/mol. The number of ether oxygens (including phenoxy) is 5. The van der Waals surface area contributed by atoms with E-state index < -0.39 is 41.9 Å². The highest BCUT2D eigenvalue weighted by atomic mass is 19.4. The van der Waals surface area contributed by atoms with Gasteiger partial charge in [-0.3, -0.25) is 0 Å². The molecule has 1 aromatic carbocycles. The molecule has 0 N–H and O–H groups in total. The van der Waals surface area contributed by atoms with E-state index in [0.717, 1.165) is 11.6 Å². The standard InChI is InChI=1S/C19H20F3NO10/c1-11-7-12(2)15-13(8-11)9-14(16(33-15)19(20,21)22)17(24)30-10-31-18(25)29-5-3-28-4-6-32-23(26)27/h7-9,16H,3-6,10H2,1-2H3/t16-/m0/s1. The van der Waals surface area contributed by atoms with Crippen molar-refractivity contribution in [3.8, 4) is 5.75 Å². The molecule has 11 nitrogen and oxygen atoms in total. The first-order valence-corrected chi connectivity index (χ1v) is 9.37. The van der Waals surface area contributed by atoms with Crippen molar-refractivity contribution in [2.45, 2.75) is 26.1 Å². The second kappa shape index (κ2) is 11.4. The van der Waals surface area contributed by atoms with Gasteiger partial charge in [0.2, 0.25) is 12.9 Å². The van der Waals surface area contributed by atoms with Gasteiger partial charge in [0, 0.05) is 5.56 Å². The summed E-state index contributed by atoms with van der Waals surface area (Å²) in [5.41, 5.74) is 0.708. The van der Waals surface area contributed by atoms with E-state index >= 15 is 0 Å². The molecule has 33 heavy (non-hydrogen) atoms. The van der Waals surface area contributed by atoms with Gasteiger partial charge < -0.3 is 28.5 Å². The van der Waals surface area contributed by atoms with E-state index in [1.807, 2.05) is 0 Å². The van der Waals surface area contributed by atoms with E-state index in [4.69, 9.17) is 9.47 Å². The molecule has 2 rings (SSSR count). The van der Waals surface area contributed by atoms with Crippen LogP contribution in [0.2, 0.25) is 0 Å². The van der Waals surface area contributed by atoms with Crippen molar-refractivity contribution in [3.63, 3.8) is 0 Å². The molecule has 1 heterocycles. The van der Waals surface area contributed by atoms with Gasteiger partial charge in [-0.25, -0.2) is 9.59 Å². The van der Waals surface area contributed by atoms with Gasteiger partial charge in [-0.2, -0.15) is 13.2 Å². The maximum absolute atomic E-state index is 13.5. The fourth-order valence-electron chi connectivity index (χ4n) is 2.80. The first-order chi connectivity index (χ1) is 15.5. The van der Waals surface area contributed by atoms with Crippen LogP contribution in [0, 0.1) is 24.0 Å². The quantitative estimate of drug-likeness (QED) is 0.162. The Bertz CT molecular complexity index is 916. The Hall–Kier alpha value is -3.55. The summed E-state index contributed by atoms with van der Waals surface area (Å²) in [7, 11) is 0. The second-order valence-electron chi connectivity index (χ2n) is 6.60. The molecule has 0 fully saturated rings. The smallest absolute Gasteiger partial charge is 0.475 e. The molecular formula is C19H20F3NO10. The largest absolute Gasteiger partial charge is 0.511 e. The van der Waals surface area contributed by atoms with Gasteiger partial charge in [-0.1, -0.05) is 11.6 Å². The van der Waals surface area contributed by atoms with Gasteiger partial charge >= 0.3 is 18.3 Å². The molecule has 0 aromatic heterocycles. The van der Waals surface area contributed by atoms with Crippen molar-refractivity contribution in [2.24, 2.45) is 0 Å². The van der Waals surface area contributed by atoms with Crippen molar-refractivity contribution in [2.75, 3.05) is 33.2 Å².